The Balaban J connectivity index is 3.21. The lowest BCUT2D eigenvalue weighted by molar-refractivity contribution is 0.0600. The fourth-order valence-electron chi connectivity index (χ4n) is 0.818. The molecule has 0 aromatic carbocycles. The van der Waals surface area contributed by atoms with Gasteiger partial charge in [0.05, 0.1) is 18.2 Å². The van der Waals surface area contributed by atoms with E-state index >= 15 is 0 Å². The number of carboxylic acid groups (broad SMARTS) is 1. The average molecular weight is 216 g/mol. The van der Waals surface area contributed by atoms with Gasteiger partial charge in [-0.1, -0.05) is 11.6 Å². The highest BCUT2D eigenvalue weighted by molar-refractivity contribution is 6.32. The first-order valence-electron chi connectivity index (χ1n) is 3.53. The number of rotatable bonds is 2. The van der Waals surface area contributed by atoms with E-state index in [0.29, 0.717) is 0 Å². The first-order valence-corrected chi connectivity index (χ1v) is 3.91. The van der Waals surface area contributed by atoms with Gasteiger partial charge >= 0.3 is 11.9 Å². The molecule has 0 spiro atoms. The number of methoxy groups -OCH3 is 1. The molecule has 0 unspecified atom stereocenters. The van der Waals surface area contributed by atoms with Gasteiger partial charge in [0.15, 0.2) is 0 Å². The maximum atomic E-state index is 11.1. The summed E-state index contributed by atoms with van der Waals surface area (Å²) in [5.74, 6) is -1.90. The van der Waals surface area contributed by atoms with Crippen molar-refractivity contribution in [1.82, 2.24) is 4.98 Å². The Bertz CT molecular complexity index is 391. The minimum Gasteiger partial charge on any atom is -0.478 e. The predicted octanol–water partition coefficient (Wildman–Crippen LogP) is 1.22. The van der Waals surface area contributed by atoms with Crippen LogP contribution in [0.3, 0.4) is 0 Å². The van der Waals surface area contributed by atoms with Crippen LogP contribution in [-0.2, 0) is 4.74 Å². The van der Waals surface area contributed by atoms with Gasteiger partial charge in [0.2, 0.25) is 0 Å². The summed E-state index contributed by atoms with van der Waals surface area (Å²) in [7, 11) is 1.17. The van der Waals surface area contributed by atoms with Crippen LogP contribution in [0.5, 0.6) is 0 Å². The molecule has 0 saturated carbocycles. The number of pyridine rings is 1. The van der Waals surface area contributed by atoms with Crippen molar-refractivity contribution in [2.24, 2.45) is 0 Å². The van der Waals surface area contributed by atoms with Crippen molar-refractivity contribution in [1.29, 1.82) is 0 Å². The van der Waals surface area contributed by atoms with Gasteiger partial charge in [-0.2, -0.15) is 0 Å². The van der Waals surface area contributed by atoms with Crippen molar-refractivity contribution in [3.63, 3.8) is 0 Å². The van der Waals surface area contributed by atoms with Crippen LogP contribution < -0.4 is 0 Å². The maximum Gasteiger partial charge on any atom is 0.341 e. The molecule has 0 fully saturated rings. The quantitative estimate of drug-likeness (QED) is 0.593. The van der Waals surface area contributed by atoms with Crippen LogP contribution in [0, 0.1) is 0 Å². The topological polar surface area (TPSA) is 76.5 Å². The lowest BCUT2D eigenvalue weighted by atomic mass is 10.2. The van der Waals surface area contributed by atoms with Gasteiger partial charge in [-0.15, -0.1) is 0 Å². The molecule has 0 amide bonds. The number of halogens is 1. The highest BCUT2D eigenvalue weighted by atomic mass is 35.5. The molecule has 0 aliphatic heterocycles. The molecule has 0 saturated heterocycles. The number of carbonyl (C=O) groups excluding carboxylic acids is 1. The molecule has 14 heavy (non-hydrogen) atoms. The molecule has 1 aromatic heterocycles. The van der Waals surface area contributed by atoms with Crippen molar-refractivity contribution in [2.75, 3.05) is 7.11 Å². The van der Waals surface area contributed by atoms with Crippen molar-refractivity contribution < 1.29 is 19.4 Å². The van der Waals surface area contributed by atoms with Crippen molar-refractivity contribution >= 4 is 23.5 Å². The number of carboxylic acids is 1. The molecule has 0 aliphatic rings. The Hall–Kier alpha value is -1.62. The summed E-state index contributed by atoms with van der Waals surface area (Å²) in [4.78, 5) is 25.2. The van der Waals surface area contributed by atoms with Gasteiger partial charge in [0.25, 0.3) is 0 Å². The minimum atomic E-state index is -1.18. The monoisotopic (exact) mass is 215 g/mol. The molecule has 0 radical (unpaired) electrons. The SMILES string of the molecule is COC(=O)c1cc(C(=O)O)cnc1Cl. The smallest absolute Gasteiger partial charge is 0.341 e. The Morgan fingerprint density at radius 3 is 2.71 bits per heavy atom. The maximum absolute atomic E-state index is 11.1. The number of nitrogens with zero attached hydrogens (tertiary/aromatic N) is 1. The first-order chi connectivity index (χ1) is 6.56. The van der Waals surface area contributed by atoms with E-state index in [2.05, 4.69) is 9.72 Å². The third-order valence-corrected chi connectivity index (χ3v) is 1.79. The van der Waals surface area contributed by atoms with Gasteiger partial charge in [0, 0.05) is 6.20 Å². The highest BCUT2D eigenvalue weighted by Crippen LogP contribution is 2.15. The highest BCUT2D eigenvalue weighted by Gasteiger charge is 2.14. The molecule has 0 bridgehead atoms. The molecular formula is C8H6ClNO4. The van der Waals surface area contributed by atoms with E-state index < -0.39 is 11.9 Å². The average Bonchev–Trinajstić information content (AvgIpc) is 2.17. The van der Waals surface area contributed by atoms with Crippen molar-refractivity contribution in [3.8, 4) is 0 Å². The predicted molar refractivity (Wildman–Crippen MR) is 47.5 cm³/mol. The molecule has 1 aromatic rings. The van der Waals surface area contributed by atoms with E-state index in [9.17, 15) is 9.59 Å². The summed E-state index contributed by atoms with van der Waals surface area (Å²) in [6.07, 6.45) is 1.07. The summed E-state index contributed by atoms with van der Waals surface area (Å²) < 4.78 is 4.40. The molecule has 1 heterocycles. The van der Waals surface area contributed by atoms with Crippen LogP contribution in [0.2, 0.25) is 5.15 Å². The zero-order valence-corrected chi connectivity index (χ0v) is 7.91. The Labute approximate surface area is 84.3 Å². The molecule has 1 rings (SSSR count). The van der Waals surface area contributed by atoms with Crippen LogP contribution in [0.1, 0.15) is 20.7 Å². The van der Waals surface area contributed by atoms with Crippen molar-refractivity contribution in [3.05, 3.63) is 28.5 Å². The number of esters is 1. The van der Waals surface area contributed by atoms with Gasteiger partial charge in [-0.05, 0) is 6.07 Å². The largest absolute Gasteiger partial charge is 0.478 e. The minimum absolute atomic E-state index is 0.0610. The van der Waals surface area contributed by atoms with Gasteiger partial charge in [-0.3, -0.25) is 0 Å². The van der Waals surface area contributed by atoms with Crippen LogP contribution in [-0.4, -0.2) is 29.1 Å². The Kier molecular flexibility index (Phi) is 3.03. The number of ether oxygens (including phenoxy) is 1. The molecule has 74 valence electrons. The third-order valence-electron chi connectivity index (χ3n) is 1.49. The molecule has 1 N–H and O–H groups in total. The number of carbonyl (C=O) groups is 2. The Morgan fingerprint density at radius 2 is 2.21 bits per heavy atom. The van der Waals surface area contributed by atoms with Gasteiger partial charge in [-0.25, -0.2) is 14.6 Å². The standard InChI is InChI=1S/C8H6ClNO4/c1-14-8(13)5-2-4(7(11)12)3-10-6(5)9/h2-3H,1H3,(H,11,12). The molecule has 5 nitrogen and oxygen atoms in total. The normalized spacial score (nSPS) is 9.57. The van der Waals surface area contributed by atoms with Crippen LogP contribution in [0.4, 0.5) is 0 Å². The van der Waals surface area contributed by atoms with Gasteiger partial charge in [0.1, 0.15) is 5.15 Å². The second-order valence-electron chi connectivity index (χ2n) is 2.36. The zero-order chi connectivity index (χ0) is 10.7. The van der Waals surface area contributed by atoms with E-state index in [4.69, 9.17) is 16.7 Å². The molecule has 0 atom stereocenters. The van der Waals surface area contributed by atoms with E-state index in [1.54, 1.807) is 0 Å². The lowest BCUT2D eigenvalue weighted by Crippen LogP contribution is -2.06. The summed E-state index contributed by atoms with van der Waals surface area (Å²) in [6.45, 7) is 0. The van der Waals surface area contributed by atoms with E-state index in [1.807, 2.05) is 0 Å². The third kappa shape index (κ3) is 2.00. The lowest BCUT2D eigenvalue weighted by Gasteiger charge is -2.01. The van der Waals surface area contributed by atoms with Crippen LogP contribution in [0.25, 0.3) is 0 Å². The molecular weight excluding hydrogens is 210 g/mol. The van der Waals surface area contributed by atoms with E-state index in [1.165, 1.54) is 7.11 Å². The number of aromatic nitrogens is 1. The number of hydrogen-bond donors (Lipinski definition) is 1. The Morgan fingerprint density at radius 1 is 1.57 bits per heavy atom. The summed E-state index contributed by atoms with van der Waals surface area (Å²) in [6, 6.07) is 1.11. The fraction of sp³-hybridized carbons (Fsp3) is 0.125. The second-order valence-corrected chi connectivity index (χ2v) is 2.72. The fourth-order valence-corrected chi connectivity index (χ4v) is 0.999. The zero-order valence-electron chi connectivity index (χ0n) is 7.15. The van der Waals surface area contributed by atoms with Gasteiger partial charge < -0.3 is 9.84 Å². The second kappa shape index (κ2) is 4.06. The van der Waals surface area contributed by atoms with Crippen LogP contribution in [0.15, 0.2) is 12.3 Å². The van der Waals surface area contributed by atoms with E-state index in [0.717, 1.165) is 12.3 Å². The molecule has 0 aliphatic carbocycles. The summed E-state index contributed by atoms with van der Waals surface area (Å²) in [5, 5.41) is 8.54. The summed E-state index contributed by atoms with van der Waals surface area (Å²) in [5.41, 5.74) is -0.177. The number of hydrogen-bond acceptors (Lipinski definition) is 4. The molecule has 6 heteroatoms. The number of aromatic carboxylic acids is 1. The van der Waals surface area contributed by atoms with Crippen LogP contribution >= 0.6 is 11.6 Å². The van der Waals surface area contributed by atoms with Crippen molar-refractivity contribution in [2.45, 2.75) is 0 Å². The summed E-state index contributed by atoms with van der Waals surface area (Å²) >= 11 is 5.57. The first kappa shape index (κ1) is 10.5. The van der Waals surface area contributed by atoms with E-state index in [-0.39, 0.29) is 16.3 Å².